The van der Waals surface area contributed by atoms with E-state index in [2.05, 4.69) is 13.8 Å². The van der Waals surface area contributed by atoms with Crippen molar-refractivity contribution >= 4 is 0 Å². The summed E-state index contributed by atoms with van der Waals surface area (Å²) in [5.41, 5.74) is 2.85. The number of ether oxygens (including phenoxy) is 2. The lowest BCUT2D eigenvalue weighted by Gasteiger charge is -2.27. The van der Waals surface area contributed by atoms with Crippen LogP contribution in [-0.4, -0.2) is 6.61 Å². The van der Waals surface area contributed by atoms with Crippen LogP contribution in [0.5, 0.6) is 11.5 Å². The third kappa shape index (κ3) is 7.09. The van der Waals surface area contributed by atoms with Gasteiger partial charge in [-0.25, -0.2) is 8.78 Å². The van der Waals surface area contributed by atoms with E-state index in [0.29, 0.717) is 18.1 Å². The van der Waals surface area contributed by atoms with E-state index in [1.807, 2.05) is 30.3 Å². The largest absolute Gasteiger partial charge is 0.491 e. The molecule has 2 nitrogen and oxygen atoms in total. The summed E-state index contributed by atoms with van der Waals surface area (Å²) in [7, 11) is 0. The van der Waals surface area contributed by atoms with Crippen LogP contribution < -0.4 is 9.47 Å². The highest BCUT2D eigenvalue weighted by Crippen LogP contribution is 2.38. The van der Waals surface area contributed by atoms with Crippen LogP contribution in [-0.2, 0) is 6.61 Å². The second kappa shape index (κ2) is 13.0. The van der Waals surface area contributed by atoms with Crippen LogP contribution in [0.1, 0.15) is 82.3 Å². The molecule has 0 atom stereocenters. The fourth-order valence-electron chi connectivity index (χ4n) is 5.01. The maximum Gasteiger partial charge on any atom is 0.200 e. The number of benzene rings is 3. The monoisotopic (exact) mass is 510 g/mol. The minimum Gasteiger partial charge on any atom is -0.491 e. The quantitative estimate of drug-likeness (QED) is 0.239. The highest BCUT2D eigenvalue weighted by molar-refractivity contribution is 5.64. The minimum absolute atomic E-state index is 0.0727. The van der Waals surface area contributed by atoms with Crippen molar-refractivity contribution in [3.63, 3.8) is 0 Å². The normalized spacial score (nSPS) is 17.5. The topological polar surface area (TPSA) is 18.5 Å². The second-order valence-electron chi connectivity index (χ2n) is 10.3. The molecule has 4 rings (SSSR count). The van der Waals surface area contributed by atoms with Crippen LogP contribution in [0.25, 0.3) is 11.1 Å². The van der Waals surface area contributed by atoms with Gasteiger partial charge in [-0.2, -0.15) is 4.39 Å². The zero-order chi connectivity index (χ0) is 26.2. The van der Waals surface area contributed by atoms with Crippen LogP contribution in [0.2, 0.25) is 0 Å². The van der Waals surface area contributed by atoms with Crippen LogP contribution in [0, 0.1) is 23.4 Å². The Kier molecular flexibility index (Phi) is 9.54. The molecule has 1 saturated carbocycles. The van der Waals surface area contributed by atoms with Crippen LogP contribution in [0.4, 0.5) is 13.2 Å². The molecule has 0 heterocycles. The van der Waals surface area contributed by atoms with E-state index in [4.69, 9.17) is 9.47 Å². The molecule has 0 aromatic heterocycles. The molecule has 1 fully saturated rings. The average molecular weight is 511 g/mol. The summed E-state index contributed by atoms with van der Waals surface area (Å²) in [6.45, 7) is 4.97. The third-order valence-corrected chi connectivity index (χ3v) is 7.40. The summed E-state index contributed by atoms with van der Waals surface area (Å²) in [6.07, 6.45) is 8.18. The Labute approximate surface area is 218 Å². The van der Waals surface area contributed by atoms with Crippen LogP contribution in [0.15, 0.2) is 54.6 Å². The lowest BCUT2D eigenvalue weighted by Crippen LogP contribution is -2.13. The van der Waals surface area contributed by atoms with Gasteiger partial charge in [-0.15, -0.1) is 0 Å². The van der Waals surface area contributed by atoms with Crippen molar-refractivity contribution in [3.05, 3.63) is 83.2 Å². The molecule has 3 aromatic carbocycles. The number of hydrogen-bond acceptors (Lipinski definition) is 2. The van der Waals surface area contributed by atoms with E-state index >= 15 is 0 Å². The summed E-state index contributed by atoms with van der Waals surface area (Å²) in [5.74, 6) is -1.19. The van der Waals surface area contributed by atoms with Crippen LogP contribution in [0.3, 0.4) is 0 Å². The fourth-order valence-corrected chi connectivity index (χ4v) is 5.01. The van der Waals surface area contributed by atoms with Gasteiger partial charge in [-0.1, -0.05) is 82.3 Å². The van der Waals surface area contributed by atoms with Gasteiger partial charge in [0.2, 0.25) is 5.82 Å². The lowest BCUT2D eigenvalue weighted by atomic mass is 9.79. The van der Waals surface area contributed by atoms with Gasteiger partial charge >= 0.3 is 0 Å². The summed E-state index contributed by atoms with van der Waals surface area (Å²) in [4.78, 5) is 0. The molecule has 0 aliphatic heterocycles. The fraction of sp³-hybridized carbons (Fsp3) is 0.438. The Morgan fingerprint density at radius 3 is 2.14 bits per heavy atom. The molecule has 0 radical (unpaired) electrons. The molecule has 3 aromatic rings. The van der Waals surface area contributed by atoms with Gasteiger partial charge in [0.1, 0.15) is 6.61 Å². The number of unbranched alkanes of at least 4 members (excludes halogenated alkanes) is 3. The van der Waals surface area contributed by atoms with Crippen molar-refractivity contribution in [2.24, 2.45) is 5.92 Å². The summed E-state index contributed by atoms with van der Waals surface area (Å²) >= 11 is 0. The maximum atomic E-state index is 14.8. The minimum atomic E-state index is -0.920. The Morgan fingerprint density at radius 1 is 0.730 bits per heavy atom. The molecule has 37 heavy (non-hydrogen) atoms. The molecule has 0 unspecified atom stereocenters. The molecular formula is C32H37F3O2. The van der Waals surface area contributed by atoms with E-state index in [9.17, 15) is 13.2 Å². The Bertz CT molecular complexity index is 1150. The number of rotatable bonds is 11. The average Bonchev–Trinajstić information content (AvgIpc) is 2.91. The van der Waals surface area contributed by atoms with Gasteiger partial charge in [0, 0.05) is 0 Å². The van der Waals surface area contributed by atoms with Crippen LogP contribution >= 0.6 is 0 Å². The summed E-state index contributed by atoms with van der Waals surface area (Å²) in [5, 5.41) is 0. The maximum absolute atomic E-state index is 14.8. The van der Waals surface area contributed by atoms with E-state index in [1.54, 1.807) is 12.1 Å². The molecule has 1 aliphatic carbocycles. The first-order valence-electron chi connectivity index (χ1n) is 13.6. The van der Waals surface area contributed by atoms with Gasteiger partial charge in [0.05, 0.1) is 6.61 Å². The molecular weight excluding hydrogens is 473 g/mol. The zero-order valence-electron chi connectivity index (χ0n) is 21.9. The first-order valence-corrected chi connectivity index (χ1v) is 13.6. The highest BCUT2D eigenvalue weighted by Gasteiger charge is 2.25. The molecule has 198 valence electrons. The van der Waals surface area contributed by atoms with Crippen molar-refractivity contribution in [2.45, 2.75) is 77.7 Å². The van der Waals surface area contributed by atoms with Gasteiger partial charge < -0.3 is 9.47 Å². The first kappa shape index (κ1) is 27.1. The van der Waals surface area contributed by atoms with E-state index in [1.165, 1.54) is 12.1 Å². The molecule has 0 amide bonds. The lowest BCUT2D eigenvalue weighted by molar-refractivity contribution is 0.282. The van der Waals surface area contributed by atoms with Crippen molar-refractivity contribution in [1.29, 1.82) is 0 Å². The molecule has 1 aliphatic rings. The second-order valence-corrected chi connectivity index (χ2v) is 10.3. The molecule has 0 N–H and O–H groups in total. The van der Waals surface area contributed by atoms with Gasteiger partial charge in [-0.3, -0.25) is 0 Å². The van der Waals surface area contributed by atoms with Gasteiger partial charge in [0.25, 0.3) is 0 Å². The molecule has 5 heteroatoms. The SMILES string of the molecule is CCCCCCOc1ccc(-c2ccc(COc3ccc(C4CCC(C)CC4)c(F)c3F)cc2)cc1F. The van der Waals surface area contributed by atoms with Crippen molar-refractivity contribution in [2.75, 3.05) is 6.61 Å². The molecule has 0 saturated heterocycles. The van der Waals surface area contributed by atoms with E-state index in [-0.39, 0.29) is 29.8 Å². The Balaban J connectivity index is 1.34. The standard InChI is InChI=1S/C32H37F3O2/c1-3-4-5-6-19-36-29-17-15-26(20-28(29)33)24-13-9-23(10-14-24)21-37-30-18-16-27(31(34)32(30)35)25-11-7-22(2)8-12-25/h9-10,13-18,20,22,25H,3-8,11-12,19,21H2,1-2H3. The van der Waals surface area contributed by atoms with Crippen molar-refractivity contribution in [1.82, 2.24) is 0 Å². The van der Waals surface area contributed by atoms with E-state index < -0.39 is 11.6 Å². The summed E-state index contributed by atoms with van der Waals surface area (Å²) < 4.78 is 55.3. The van der Waals surface area contributed by atoms with E-state index in [0.717, 1.165) is 68.1 Å². The molecule has 0 spiro atoms. The Morgan fingerprint density at radius 2 is 1.43 bits per heavy atom. The predicted octanol–water partition coefficient (Wildman–Crippen LogP) is 9.60. The van der Waals surface area contributed by atoms with Crippen molar-refractivity contribution < 1.29 is 22.6 Å². The first-order chi connectivity index (χ1) is 18.0. The Hall–Kier alpha value is -2.95. The number of halogens is 3. The summed E-state index contributed by atoms with van der Waals surface area (Å²) in [6, 6.07) is 15.6. The van der Waals surface area contributed by atoms with Gasteiger partial charge in [-0.05, 0) is 71.6 Å². The van der Waals surface area contributed by atoms with Crippen molar-refractivity contribution in [3.8, 4) is 22.6 Å². The highest BCUT2D eigenvalue weighted by atomic mass is 19.2. The number of hydrogen-bond donors (Lipinski definition) is 0. The smallest absolute Gasteiger partial charge is 0.200 e. The predicted molar refractivity (Wildman–Crippen MR) is 143 cm³/mol. The molecule has 0 bridgehead atoms. The third-order valence-electron chi connectivity index (χ3n) is 7.40. The van der Waals surface area contributed by atoms with Gasteiger partial charge in [0.15, 0.2) is 23.1 Å². The zero-order valence-corrected chi connectivity index (χ0v) is 21.9.